The lowest BCUT2D eigenvalue weighted by atomic mass is 10.0. The smallest absolute Gasteiger partial charge is 0.0324 e. The maximum atomic E-state index is 3.56. The van der Waals surface area contributed by atoms with Crippen LogP contribution in [0, 0.1) is 0 Å². The maximum absolute atomic E-state index is 3.56. The van der Waals surface area contributed by atoms with E-state index in [-0.39, 0.29) is 0 Å². The van der Waals surface area contributed by atoms with E-state index in [9.17, 15) is 0 Å². The lowest BCUT2D eigenvalue weighted by molar-refractivity contribution is 1.66. The molecule has 3 aromatic rings. The highest BCUT2D eigenvalue weighted by Crippen LogP contribution is 2.32. The number of rotatable bonds is 0. The highest BCUT2D eigenvalue weighted by atomic mass is 79.9. The molecule has 0 saturated carbocycles. The van der Waals surface area contributed by atoms with Gasteiger partial charge in [0.15, 0.2) is 0 Å². The van der Waals surface area contributed by atoms with Crippen molar-refractivity contribution in [1.82, 2.24) is 0 Å². The summed E-state index contributed by atoms with van der Waals surface area (Å²) in [6.45, 7) is 0. The van der Waals surface area contributed by atoms with Crippen molar-refractivity contribution in [2.75, 3.05) is 0 Å². The summed E-state index contributed by atoms with van der Waals surface area (Å²) in [4.78, 5) is 0. The van der Waals surface area contributed by atoms with E-state index in [4.69, 9.17) is 0 Å². The molecule has 0 aromatic heterocycles. The molecule has 0 radical (unpaired) electrons. The summed E-state index contributed by atoms with van der Waals surface area (Å²) >= 11 is 7.09. The van der Waals surface area contributed by atoms with Gasteiger partial charge in [0.1, 0.15) is 0 Å². The van der Waals surface area contributed by atoms with E-state index >= 15 is 0 Å². The molecule has 0 saturated heterocycles. The third-order valence-corrected chi connectivity index (χ3v) is 4.63. The molecule has 2 heteroatoms. The van der Waals surface area contributed by atoms with Crippen LogP contribution in [0.1, 0.15) is 0 Å². The van der Waals surface area contributed by atoms with Crippen molar-refractivity contribution in [3.63, 3.8) is 0 Å². The van der Waals surface area contributed by atoms with Crippen LogP contribution in [0.5, 0.6) is 0 Å². The SMILES string of the molecule is Brc1cc2ccc3ccccc3c2cc1Br. The van der Waals surface area contributed by atoms with E-state index in [1.807, 2.05) is 0 Å². The predicted octanol–water partition coefficient (Wildman–Crippen LogP) is 5.52. The lowest BCUT2D eigenvalue weighted by Crippen LogP contribution is -1.78. The van der Waals surface area contributed by atoms with Gasteiger partial charge < -0.3 is 0 Å². The molecule has 0 nitrogen and oxygen atoms in total. The summed E-state index contributed by atoms with van der Waals surface area (Å²) in [6.07, 6.45) is 0. The number of hydrogen-bond acceptors (Lipinski definition) is 0. The molecule has 3 aromatic carbocycles. The Morgan fingerprint density at radius 3 is 2.19 bits per heavy atom. The minimum absolute atomic E-state index is 1.09. The maximum Gasteiger partial charge on any atom is 0.0324 e. The van der Waals surface area contributed by atoms with E-state index in [0.717, 1.165) is 8.95 Å². The Hall–Kier alpha value is -0.860. The highest BCUT2D eigenvalue weighted by molar-refractivity contribution is 9.13. The molecule has 0 aliphatic carbocycles. The monoisotopic (exact) mass is 334 g/mol. The first-order chi connectivity index (χ1) is 7.75. The molecule has 0 fully saturated rings. The average Bonchev–Trinajstić information content (AvgIpc) is 2.31. The number of halogens is 2. The van der Waals surface area contributed by atoms with Crippen molar-refractivity contribution < 1.29 is 0 Å². The summed E-state index contributed by atoms with van der Waals surface area (Å²) < 4.78 is 2.19. The fourth-order valence-electron chi connectivity index (χ4n) is 2.00. The second-order valence-corrected chi connectivity index (χ2v) is 5.48. The first-order valence-electron chi connectivity index (χ1n) is 5.02. The highest BCUT2D eigenvalue weighted by Gasteiger charge is 2.03. The molecule has 0 N–H and O–H groups in total. The Kier molecular flexibility index (Phi) is 2.49. The Morgan fingerprint density at radius 1 is 0.625 bits per heavy atom. The van der Waals surface area contributed by atoms with Crippen molar-refractivity contribution in [2.45, 2.75) is 0 Å². The van der Waals surface area contributed by atoms with Crippen LogP contribution < -0.4 is 0 Å². The zero-order valence-corrected chi connectivity index (χ0v) is 11.5. The summed E-state index contributed by atoms with van der Waals surface area (Å²) in [6, 6.07) is 17.1. The van der Waals surface area contributed by atoms with E-state index in [2.05, 4.69) is 80.4 Å². The standard InChI is InChI=1S/C14H8Br2/c15-13-7-10-6-5-9-3-1-2-4-11(9)12(10)8-14(13)16/h1-8H. The van der Waals surface area contributed by atoms with E-state index in [1.54, 1.807) is 0 Å². The van der Waals surface area contributed by atoms with Crippen molar-refractivity contribution in [3.8, 4) is 0 Å². The summed E-state index contributed by atoms with van der Waals surface area (Å²) in [5.41, 5.74) is 0. The fraction of sp³-hybridized carbons (Fsp3) is 0. The average molecular weight is 336 g/mol. The van der Waals surface area contributed by atoms with Gasteiger partial charge in [0.2, 0.25) is 0 Å². The molecule has 78 valence electrons. The minimum Gasteiger partial charge on any atom is -0.0616 e. The molecule has 3 rings (SSSR count). The van der Waals surface area contributed by atoms with Crippen LogP contribution in [0.25, 0.3) is 21.5 Å². The number of benzene rings is 3. The van der Waals surface area contributed by atoms with E-state index in [1.165, 1.54) is 21.5 Å². The molecule has 0 bridgehead atoms. The van der Waals surface area contributed by atoms with Gasteiger partial charge >= 0.3 is 0 Å². The molecular formula is C14H8Br2. The summed E-state index contributed by atoms with van der Waals surface area (Å²) in [7, 11) is 0. The van der Waals surface area contributed by atoms with E-state index in [0.29, 0.717) is 0 Å². The van der Waals surface area contributed by atoms with Gasteiger partial charge in [-0.05, 0) is 65.5 Å². The van der Waals surface area contributed by atoms with Gasteiger partial charge in [-0.3, -0.25) is 0 Å². The zero-order valence-electron chi connectivity index (χ0n) is 8.37. The first kappa shape index (κ1) is 10.3. The van der Waals surface area contributed by atoms with Gasteiger partial charge in [-0.25, -0.2) is 0 Å². The summed E-state index contributed by atoms with van der Waals surface area (Å²) in [5.74, 6) is 0. The second kappa shape index (κ2) is 3.86. The molecule has 0 heterocycles. The molecule has 0 atom stereocenters. The van der Waals surface area contributed by atoms with Crippen LogP contribution in [-0.4, -0.2) is 0 Å². The van der Waals surface area contributed by atoms with Crippen LogP contribution in [-0.2, 0) is 0 Å². The number of fused-ring (bicyclic) bond motifs is 3. The Morgan fingerprint density at radius 2 is 1.31 bits per heavy atom. The van der Waals surface area contributed by atoms with Crippen LogP contribution in [0.2, 0.25) is 0 Å². The van der Waals surface area contributed by atoms with Crippen LogP contribution >= 0.6 is 31.9 Å². The Labute approximate surface area is 111 Å². The second-order valence-electron chi connectivity index (χ2n) is 3.77. The molecule has 0 unspecified atom stereocenters. The molecule has 0 aliphatic rings. The first-order valence-corrected chi connectivity index (χ1v) is 6.61. The van der Waals surface area contributed by atoms with Crippen LogP contribution in [0.15, 0.2) is 57.5 Å². The Bertz CT molecular complexity index is 687. The van der Waals surface area contributed by atoms with Crippen LogP contribution in [0.4, 0.5) is 0 Å². The minimum atomic E-state index is 1.09. The van der Waals surface area contributed by atoms with Crippen molar-refractivity contribution >= 4 is 53.4 Å². The zero-order chi connectivity index (χ0) is 11.1. The molecular weight excluding hydrogens is 328 g/mol. The van der Waals surface area contributed by atoms with Gasteiger partial charge in [-0.2, -0.15) is 0 Å². The lowest BCUT2D eigenvalue weighted by Gasteiger charge is -2.05. The third-order valence-electron chi connectivity index (χ3n) is 2.79. The topological polar surface area (TPSA) is 0 Å². The van der Waals surface area contributed by atoms with Gasteiger partial charge in [0, 0.05) is 8.95 Å². The van der Waals surface area contributed by atoms with Crippen molar-refractivity contribution in [1.29, 1.82) is 0 Å². The molecule has 16 heavy (non-hydrogen) atoms. The van der Waals surface area contributed by atoms with Gasteiger partial charge in [0.25, 0.3) is 0 Å². The van der Waals surface area contributed by atoms with Gasteiger partial charge in [-0.15, -0.1) is 0 Å². The predicted molar refractivity (Wildman–Crippen MR) is 76.9 cm³/mol. The van der Waals surface area contributed by atoms with Gasteiger partial charge in [-0.1, -0.05) is 36.4 Å². The third kappa shape index (κ3) is 1.57. The van der Waals surface area contributed by atoms with Gasteiger partial charge in [0.05, 0.1) is 0 Å². The quantitative estimate of drug-likeness (QED) is 0.474. The molecule has 0 spiro atoms. The van der Waals surface area contributed by atoms with Crippen molar-refractivity contribution in [2.24, 2.45) is 0 Å². The van der Waals surface area contributed by atoms with E-state index < -0.39 is 0 Å². The summed E-state index contributed by atoms with van der Waals surface area (Å²) in [5, 5.41) is 5.12. The molecule has 0 aliphatic heterocycles. The number of hydrogen-bond donors (Lipinski definition) is 0. The van der Waals surface area contributed by atoms with Crippen molar-refractivity contribution in [3.05, 3.63) is 57.5 Å². The molecule has 0 amide bonds. The largest absolute Gasteiger partial charge is 0.0616 e. The fourth-order valence-corrected chi connectivity index (χ4v) is 2.71. The normalized spacial score (nSPS) is 11.1. The Balaban J connectivity index is 2.55. The van der Waals surface area contributed by atoms with Crippen LogP contribution in [0.3, 0.4) is 0 Å².